The molecule has 19 heavy (non-hydrogen) atoms. The summed E-state index contributed by atoms with van der Waals surface area (Å²) in [5.74, 6) is 0. The van der Waals surface area contributed by atoms with Gasteiger partial charge in [-0.05, 0) is 31.2 Å². The van der Waals surface area contributed by atoms with Crippen molar-refractivity contribution in [3.8, 4) is 0 Å². The van der Waals surface area contributed by atoms with E-state index in [9.17, 15) is 5.11 Å². The summed E-state index contributed by atoms with van der Waals surface area (Å²) in [6, 6.07) is 11.7. The van der Waals surface area contributed by atoms with Crippen LogP contribution in [0, 0.1) is 0 Å². The number of benzene rings is 1. The molecule has 0 spiro atoms. The number of nitrogens with one attached hydrogen (secondary N) is 1. The number of rotatable bonds is 3. The van der Waals surface area contributed by atoms with Crippen LogP contribution in [0.4, 0.5) is 0 Å². The van der Waals surface area contributed by atoms with E-state index >= 15 is 0 Å². The molecule has 2 heterocycles. The van der Waals surface area contributed by atoms with Crippen molar-refractivity contribution >= 4 is 22.8 Å². The normalized spacial score (nSPS) is 12.7. The number of fused-ring (bicyclic) bond motifs is 1. The van der Waals surface area contributed by atoms with Crippen molar-refractivity contribution in [1.29, 1.82) is 0 Å². The zero-order valence-corrected chi connectivity index (χ0v) is 11.2. The number of para-hydroxylation sites is 2. The highest BCUT2D eigenvalue weighted by Gasteiger charge is 2.06. The first kappa shape index (κ1) is 12.2. The molecule has 5 heteroatoms. The third-order valence-electron chi connectivity index (χ3n) is 2.77. The molecule has 2 aromatic heterocycles. The number of aromatic amines is 1. The van der Waals surface area contributed by atoms with Gasteiger partial charge in [-0.1, -0.05) is 23.9 Å². The number of aromatic nitrogens is 3. The second kappa shape index (κ2) is 5.03. The highest BCUT2D eigenvalue weighted by molar-refractivity contribution is 7.99. The number of aliphatic hydroxyl groups excluding tert-OH is 1. The lowest BCUT2D eigenvalue weighted by Gasteiger charge is -2.03. The molecule has 2 N–H and O–H groups in total. The third kappa shape index (κ3) is 2.62. The molecule has 0 amide bonds. The van der Waals surface area contributed by atoms with E-state index in [1.807, 2.05) is 36.4 Å². The maximum absolute atomic E-state index is 9.41. The van der Waals surface area contributed by atoms with Crippen LogP contribution in [0.25, 0.3) is 11.0 Å². The van der Waals surface area contributed by atoms with Gasteiger partial charge in [0.25, 0.3) is 0 Å². The third-order valence-corrected chi connectivity index (χ3v) is 3.63. The predicted octanol–water partition coefficient (Wildman–Crippen LogP) is 3.16. The van der Waals surface area contributed by atoms with Crippen molar-refractivity contribution in [3.05, 3.63) is 48.3 Å². The Balaban J connectivity index is 1.84. The molecule has 0 bridgehead atoms. The first-order valence-corrected chi connectivity index (χ1v) is 6.80. The molecule has 3 rings (SSSR count). The lowest BCUT2D eigenvalue weighted by Crippen LogP contribution is -1.94. The van der Waals surface area contributed by atoms with Crippen molar-refractivity contribution in [2.75, 3.05) is 0 Å². The quantitative estimate of drug-likeness (QED) is 0.768. The van der Waals surface area contributed by atoms with E-state index in [1.165, 1.54) is 11.8 Å². The van der Waals surface area contributed by atoms with Gasteiger partial charge in [0.1, 0.15) is 0 Å². The van der Waals surface area contributed by atoms with Gasteiger partial charge in [-0.3, -0.25) is 4.98 Å². The Bertz CT molecular complexity index is 658. The Kier molecular flexibility index (Phi) is 3.23. The van der Waals surface area contributed by atoms with E-state index in [0.29, 0.717) is 5.69 Å². The average molecular weight is 271 g/mol. The molecular formula is C14H13N3OS. The van der Waals surface area contributed by atoms with Gasteiger partial charge in [-0.2, -0.15) is 0 Å². The molecule has 0 saturated heterocycles. The number of hydrogen-bond acceptors (Lipinski definition) is 4. The second-order valence-corrected chi connectivity index (χ2v) is 5.32. The van der Waals surface area contributed by atoms with E-state index in [1.54, 1.807) is 13.1 Å². The van der Waals surface area contributed by atoms with Crippen LogP contribution in [-0.4, -0.2) is 20.1 Å². The first-order valence-electron chi connectivity index (χ1n) is 5.99. The number of aliphatic hydroxyl groups is 1. The largest absolute Gasteiger partial charge is 0.387 e. The number of pyridine rings is 1. The minimum atomic E-state index is -0.537. The van der Waals surface area contributed by atoms with Gasteiger partial charge in [-0.15, -0.1) is 0 Å². The van der Waals surface area contributed by atoms with Gasteiger partial charge in [-0.25, -0.2) is 4.98 Å². The molecular weight excluding hydrogens is 258 g/mol. The van der Waals surface area contributed by atoms with Crippen LogP contribution in [0.1, 0.15) is 18.7 Å². The maximum atomic E-state index is 9.41. The molecule has 1 aromatic carbocycles. The Morgan fingerprint density at radius 3 is 2.74 bits per heavy atom. The highest BCUT2D eigenvalue weighted by atomic mass is 32.2. The van der Waals surface area contributed by atoms with Gasteiger partial charge >= 0.3 is 0 Å². The summed E-state index contributed by atoms with van der Waals surface area (Å²) in [4.78, 5) is 13.0. The lowest BCUT2D eigenvalue weighted by molar-refractivity contribution is 0.194. The molecule has 3 aromatic rings. The Labute approximate surface area is 114 Å². The van der Waals surface area contributed by atoms with Crippen molar-refractivity contribution < 1.29 is 5.11 Å². The van der Waals surface area contributed by atoms with Crippen LogP contribution in [0.5, 0.6) is 0 Å². The number of hydrogen-bond donors (Lipinski definition) is 2. The monoisotopic (exact) mass is 271 g/mol. The minimum absolute atomic E-state index is 0.537. The van der Waals surface area contributed by atoms with Crippen LogP contribution >= 0.6 is 11.8 Å². The predicted molar refractivity (Wildman–Crippen MR) is 75.1 cm³/mol. The fourth-order valence-corrected chi connectivity index (χ4v) is 2.56. The Morgan fingerprint density at radius 2 is 2.05 bits per heavy atom. The number of imidazole rings is 1. The smallest absolute Gasteiger partial charge is 0.171 e. The maximum Gasteiger partial charge on any atom is 0.171 e. The number of H-pyrrole nitrogens is 1. The molecule has 0 aliphatic rings. The SMILES string of the molecule is C[C@H](O)c1ccc(Sc2nc3ccccc3[nH]2)cn1. The molecule has 0 radical (unpaired) electrons. The summed E-state index contributed by atoms with van der Waals surface area (Å²) < 4.78 is 0. The molecule has 0 fully saturated rings. The van der Waals surface area contributed by atoms with Crippen molar-refractivity contribution in [1.82, 2.24) is 15.0 Å². The summed E-state index contributed by atoms with van der Waals surface area (Å²) in [5.41, 5.74) is 2.66. The van der Waals surface area contributed by atoms with E-state index in [4.69, 9.17) is 0 Å². The van der Waals surface area contributed by atoms with E-state index in [0.717, 1.165) is 21.1 Å². The second-order valence-electron chi connectivity index (χ2n) is 4.26. The van der Waals surface area contributed by atoms with Gasteiger partial charge in [0, 0.05) is 11.1 Å². The van der Waals surface area contributed by atoms with Crippen LogP contribution < -0.4 is 0 Å². The molecule has 0 unspecified atom stereocenters. The van der Waals surface area contributed by atoms with Crippen LogP contribution in [0.2, 0.25) is 0 Å². The zero-order chi connectivity index (χ0) is 13.2. The number of nitrogens with zero attached hydrogens (tertiary/aromatic N) is 2. The fourth-order valence-electron chi connectivity index (χ4n) is 1.79. The molecule has 4 nitrogen and oxygen atoms in total. The molecule has 0 aliphatic carbocycles. The van der Waals surface area contributed by atoms with E-state index in [-0.39, 0.29) is 0 Å². The van der Waals surface area contributed by atoms with Gasteiger partial charge in [0.15, 0.2) is 5.16 Å². The fraction of sp³-hybridized carbons (Fsp3) is 0.143. The van der Waals surface area contributed by atoms with Gasteiger partial charge in [0.05, 0.1) is 22.8 Å². The Hall–Kier alpha value is -1.85. The van der Waals surface area contributed by atoms with Gasteiger partial charge < -0.3 is 10.1 Å². The van der Waals surface area contributed by atoms with Crippen LogP contribution in [0.3, 0.4) is 0 Å². The van der Waals surface area contributed by atoms with E-state index < -0.39 is 6.10 Å². The molecule has 0 aliphatic heterocycles. The molecule has 0 saturated carbocycles. The zero-order valence-electron chi connectivity index (χ0n) is 10.4. The van der Waals surface area contributed by atoms with Crippen molar-refractivity contribution in [2.24, 2.45) is 0 Å². The van der Waals surface area contributed by atoms with Crippen LogP contribution in [-0.2, 0) is 0 Å². The summed E-state index contributed by atoms with van der Waals surface area (Å²) >= 11 is 1.52. The summed E-state index contributed by atoms with van der Waals surface area (Å²) in [5, 5.41) is 10.3. The van der Waals surface area contributed by atoms with Crippen molar-refractivity contribution in [3.63, 3.8) is 0 Å². The van der Waals surface area contributed by atoms with Crippen LogP contribution in [0.15, 0.2) is 52.6 Å². The van der Waals surface area contributed by atoms with E-state index in [2.05, 4.69) is 15.0 Å². The average Bonchev–Trinajstić information content (AvgIpc) is 2.81. The summed E-state index contributed by atoms with van der Waals surface area (Å²) in [7, 11) is 0. The lowest BCUT2D eigenvalue weighted by atomic mass is 10.2. The summed E-state index contributed by atoms with van der Waals surface area (Å²) in [6.07, 6.45) is 1.21. The topological polar surface area (TPSA) is 61.8 Å². The highest BCUT2D eigenvalue weighted by Crippen LogP contribution is 2.27. The first-order chi connectivity index (χ1) is 9.22. The Morgan fingerprint density at radius 1 is 1.21 bits per heavy atom. The van der Waals surface area contributed by atoms with Gasteiger partial charge in [0.2, 0.25) is 0 Å². The summed E-state index contributed by atoms with van der Waals surface area (Å²) in [6.45, 7) is 1.70. The molecule has 1 atom stereocenters. The minimum Gasteiger partial charge on any atom is -0.387 e. The standard InChI is InChI=1S/C14H13N3OS/c1-9(18)11-7-6-10(8-15-11)19-14-16-12-4-2-3-5-13(12)17-14/h2-9,18H,1H3,(H,16,17)/t9-/m0/s1. The van der Waals surface area contributed by atoms with Crippen molar-refractivity contribution in [2.45, 2.75) is 23.1 Å². The molecule has 96 valence electrons.